The predicted octanol–water partition coefficient (Wildman–Crippen LogP) is 1.88. The molecular weight excluding hydrogens is 172 g/mol. The molecule has 0 atom stereocenters. The van der Waals surface area contributed by atoms with E-state index in [1.54, 1.807) is 0 Å². The Morgan fingerprint density at radius 2 is 2.07 bits per heavy atom. The highest BCUT2D eigenvalue weighted by molar-refractivity contribution is 4.89. The van der Waals surface area contributed by atoms with Gasteiger partial charge in [-0.2, -0.15) is 0 Å². The Labute approximate surface area is 88.4 Å². The minimum Gasteiger partial charge on any atom is -0.319 e. The topological polar surface area (TPSA) is 15.3 Å². The van der Waals surface area contributed by atoms with E-state index in [1.807, 2.05) is 7.05 Å². The molecule has 0 unspecified atom stereocenters. The van der Waals surface area contributed by atoms with Crippen LogP contribution in [0.4, 0.5) is 0 Å². The van der Waals surface area contributed by atoms with Crippen LogP contribution in [0, 0.1) is 5.92 Å². The molecule has 1 fully saturated rings. The van der Waals surface area contributed by atoms with E-state index in [4.69, 9.17) is 0 Å². The molecule has 1 heterocycles. The summed E-state index contributed by atoms with van der Waals surface area (Å²) in [6.07, 6.45) is 3.88. The predicted molar refractivity (Wildman–Crippen MR) is 62.5 cm³/mol. The summed E-state index contributed by atoms with van der Waals surface area (Å²) in [5, 5.41) is 3.27. The van der Waals surface area contributed by atoms with Crippen molar-refractivity contribution in [1.29, 1.82) is 0 Å². The van der Waals surface area contributed by atoms with Crippen LogP contribution in [0.3, 0.4) is 0 Å². The Bertz CT molecular complexity index is 169. The van der Waals surface area contributed by atoms with Gasteiger partial charge < -0.3 is 10.2 Å². The van der Waals surface area contributed by atoms with Gasteiger partial charge in [-0.25, -0.2) is 0 Å². The Morgan fingerprint density at radius 3 is 2.57 bits per heavy atom. The summed E-state index contributed by atoms with van der Waals surface area (Å²) in [6, 6.07) is 0. The van der Waals surface area contributed by atoms with Gasteiger partial charge in [-0.3, -0.25) is 0 Å². The van der Waals surface area contributed by atoms with Gasteiger partial charge in [-0.1, -0.05) is 5.57 Å². The molecule has 0 bridgehead atoms. The zero-order chi connectivity index (χ0) is 10.4. The number of piperidine rings is 1. The molecule has 2 nitrogen and oxygen atoms in total. The summed E-state index contributed by atoms with van der Waals surface area (Å²) < 4.78 is 0. The third-order valence-electron chi connectivity index (χ3n) is 3.05. The Kier molecular flexibility index (Phi) is 5.20. The van der Waals surface area contributed by atoms with E-state index in [1.165, 1.54) is 44.6 Å². The molecular formula is C12H24N2. The second-order valence-corrected chi connectivity index (χ2v) is 4.55. The van der Waals surface area contributed by atoms with Crippen molar-refractivity contribution in [1.82, 2.24) is 10.2 Å². The first-order valence-electron chi connectivity index (χ1n) is 5.73. The van der Waals surface area contributed by atoms with Crippen molar-refractivity contribution in [2.45, 2.75) is 26.2 Å². The maximum atomic E-state index is 3.95. The van der Waals surface area contributed by atoms with E-state index < -0.39 is 0 Å². The molecule has 0 aromatic heterocycles. The fourth-order valence-corrected chi connectivity index (χ4v) is 2.05. The van der Waals surface area contributed by atoms with E-state index >= 15 is 0 Å². The van der Waals surface area contributed by atoms with Crippen LogP contribution >= 0.6 is 0 Å². The number of hydrogen-bond donors (Lipinski definition) is 1. The smallest absolute Gasteiger partial charge is 0.00184 e. The molecule has 14 heavy (non-hydrogen) atoms. The van der Waals surface area contributed by atoms with E-state index in [-0.39, 0.29) is 0 Å². The normalized spacial score (nSPS) is 19.9. The van der Waals surface area contributed by atoms with Gasteiger partial charge in [-0.15, -0.1) is 6.58 Å². The minimum absolute atomic E-state index is 0.904. The molecule has 2 heteroatoms. The maximum absolute atomic E-state index is 3.95. The van der Waals surface area contributed by atoms with Crippen molar-refractivity contribution < 1.29 is 0 Å². The first kappa shape index (κ1) is 11.7. The van der Waals surface area contributed by atoms with Crippen molar-refractivity contribution >= 4 is 0 Å². The zero-order valence-corrected chi connectivity index (χ0v) is 9.68. The van der Waals surface area contributed by atoms with Crippen molar-refractivity contribution in [2.75, 3.05) is 33.2 Å². The molecule has 0 amide bonds. The fourth-order valence-electron chi connectivity index (χ4n) is 2.05. The van der Waals surface area contributed by atoms with E-state index in [9.17, 15) is 0 Å². The SMILES string of the molecule is C=C(C)CCN1CCC(CNC)CC1. The van der Waals surface area contributed by atoms with Crippen LogP contribution in [0.5, 0.6) is 0 Å². The summed E-state index contributed by atoms with van der Waals surface area (Å²) in [5.74, 6) is 0.904. The van der Waals surface area contributed by atoms with Crippen LogP contribution < -0.4 is 5.32 Å². The molecule has 0 aliphatic carbocycles. The zero-order valence-electron chi connectivity index (χ0n) is 9.68. The van der Waals surface area contributed by atoms with Gasteiger partial charge >= 0.3 is 0 Å². The van der Waals surface area contributed by atoms with Crippen LogP contribution in [0.1, 0.15) is 26.2 Å². The largest absolute Gasteiger partial charge is 0.319 e. The van der Waals surface area contributed by atoms with Gasteiger partial charge in [-0.05, 0) is 58.8 Å². The van der Waals surface area contributed by atoms with Crippen LogP contribution in [0.25, 0.3) is 0 Å². The summed E-state index contributed by atoms with van der Waals surface area (Å²) in [4.78, 5) is 2.57. The summed E-state index contributed by atoms with van der Waals surface area (Å²) in [6.45, 7) is 11.0. The standard InChI is InChI=1S/C12H24N2/c1-11(2)4-7-14-8-5-12(6-9-14)10-13-3/h12-13H,1,4-10H2,2-3H3. The molecule has 0 aromatic rings. The van der Waals surface area contributed by atoms with Crippen molar-refractivity contribution in [3.8, 4) is 0 Å². The lowest BCUT2D eigenvalue weighted by Gasteiger charge is -2.31. The lowest BCUT2D eigenvalue weighted by molar-refractivity contribution is 0.185. The number of rotatable bonds is 5. The molecule has 0 saturated carbocycles. The van der Waals surface area contributed by atoms with Gasteiger partial charge in [0.1, 0.15) is 0 Å². The van der Waals surface area contributed by atoms with Crippen molar-refractivity contribution in [3.63, 3.8) is 0 Å². The molecule has 1 rings (SSSR count). The van der Waals surface area contributed by atoms with Gasteiger partial charge in [0.05, 0.1) is 0 Å². The van der Waals surface area contributed by atoms with Gasteiger partial charge in [0.15, 0.2) is 0 Å². The van der Waals surface area contributed by atoms with Crippen molar-refractivity contribution in [3.05, 3.63) is 12.2 Å². The van der Waals surface area contributed by atoms with Crippen molar-refractivity contribution in [2.24, 2.45) is 5.92 Å². The number of nitrogens with zero attached hydrogens (tertiary/aromatic N) is 1. The number of nitrogens with one attached hydrogen (secondary N) is 1. The second-order valence-electron chi connectivity index (χ2n) is 4.55. The van der Waals surface area contributed by atoms with Crippen LogP contribution in [0.15, 0.2) is 12.2 Å². The summed E-state index contributed by atoms with van der Waals surface area (Å²) in [5.41, 5.74) is 1.31. The van der Waals surface area contributed by atoms with E-state index in [0.717, 1.165) is 12.3 Å². The Morgan fingerprint density at radius 1 is 1.43 bits per heavy atom. The van der Waals surface area contributed by atoms with Crippen LogP contribution in [-0.4, -0.2) is 38.1 Å². The highest BCUT2D eigenvalue weighted by atomic mass is 15.1. The van der Waals surface area contributed by atoms with E-state index in [2.05, 4.69) is 23.7 Å². The third kappa shape index (κ3) is 4.25. The van der Waals surface area contributed by atoms with E-state index in [0.29, 0.717) is 0 Å². The highest BCUT2D eigenvalue weighted by Gasteiger charge is 2.17. The first-order valence-corrected chi connectivity index (χ1v) is 5.73. The molecule has 82 valence electrons. The Hall–Kier alpha value is -0.340. The quantitative estimate of drug-likeness (QED) is 0.675. The Balaban J connectivity index is 2.12. The average molecular weight is 196 g/mol. The molecule has 1 saturated heterocycles. The first-order chi connectivity index (χ1) is 6.72. The van der Waals surface area contributed by atoms with Gasteiger partial charge in [0, 0.05) is 6.54 Å². The maximum Gasteiger partial charge on any atom is 0.00184 e. The lowest BCUT2D eigenvalue weighted by Crippen LogP contribution is -2.37. The molecule has 0 aromatic carbocycles. The third-order valence-corrected chi connectivity index (χ3v) is 3.05. The average Bonchev–Trinajstić information content (AvgIpc) is 2.17. The monoisotopic (exact) mass is 196 g/mol. The number of hydrogen-bond acceptors (Lipinski definition) is 2. The molecule has 0 spiro atoms. The fraction of sp³-hybridized carbons (Fsp3) is 0.833. The summed E-state index contributed by atoms with van der Waals surface area (Å²) in [7, 11) is 2.05. The second kappa shape index (κ2) is 6.20. The van der Waals surface area contributed by atoms with Gasteiger partial charge in [0.2, 0.25) is 0 Å². The molecule has 1 aliphatic heterocycles. The van der Waals surface area contributed by atoms with Crippen LogP contribution in [0.2, 0.25) is 0 Å². The lowest BCUT2D eigenvalue weighted by atomic mass is 9.96. The number of likely N-dealkylation sites (tertiary alicyclic amines) is 1. The minimum atomic E-state index is 0.904. The molecule has 0 radical (unpaired) electrons. The molecule has 1 aliphatic rings. The van der Waals surface area contributed by atoms with Gasteiger partial charge in [0.25, 0.3) is 0 Å². The highest BCUT2D eigenvalue weighted by Crippen LogP contribution is 2.16. The van der Waals surface area contributed by atoms with Crippen LogP contribution in [-0.2, 0) is 0 Å². The summed E-state index contributed by atoms with van der Waals surface area (Å²) >= 11 is 0. The molecule has 1 N–H and O–H groups in total.